The number of methoxy groups -OCH3 is 3. The third-order valence-electron chi connectivity index (χ3n) is 4.31. The van der Waals surface area contributed by atoms with Crippen LogP contribution in [0.3, 0.4) is 0 Å². The maximum absolute atomic E-state index is 12.5. The molecule has 0 radical (unpaired) electrons. The van der Waals surface area contributed by atoms with Gasteiger partial charge in [-0.1, -0.05) is 35.5 Å². The minimum atomic E-state index is -0.320. The molecule has 0 spiro atoms. The van der Waals surface area contributed by atoms with E-state index >= 15 is 0 Å². The quantitative estimate of drug-likeness (QED) is 0.593. The number of carbonyl (C=O) groups excluding carboxylic acids is 1. The summed E-state index contributed by atoms with van der Waals surface area (Å²) in [4.78, 5) is 16.8. The highest BCUT2D eigenvalue weighted by atomic mass is 16.5. The monoisotopic (exact) mass is 397 g/mol. The molecule has 0 aliphatic rings. The first kappa shape index (κ1) is 20.2. The second kappa shape index (κ2) is 9.59. The summed E-state index contributed by atoms with van der Waals surface area (Å²) in [6.07, 6.45) is 1.44. The lowest BCUT2D eigenvalue weighted by atomic mass is 10.1. The van der Waals surface area contributed by atoms with Gasteiger partial charge in [-0.05, 0) is 24.1 Å². The first-order valence-corrected chi connectivity index (χ1v) is 9.08. The highest BCUT2D eigenvalue weighted by molar-refractivity contribution is 5.95. The standard InChI is InChI=1S/C21H23N3O5/c1-26-16-11-15(12-17(27-2)20(16)28-3)21(25)22-13-18-23-19(29-24-18)10-9-14-7-5-4-6-8-14/h4-8,11-12H,9-10,13H2,1-3H3,(H,22,25). The number of amides is 1. The average molecular weight is 397 g/mol. The molecule has 0 bridgehead atoms. The van der Waals surface area contributed by atoms with Crippen LogP contribution in [0.1, 0.15) is 27.6 Å². The summed E-state index contributed by atoms with van der Waals surface area (Å²) in [6.45, 7) is 0.143. The Morgan fingerprint density at radius 1 is 1.00 bits per heavy atom. The van der Waals surface area contributed by atoms with Gasteiger partial charge in [0.25, 0.3) is 5.91 Å². The zero-order valence-corrected chi connectivity index (χ0v) is 16.6. The van der Waals surface area contributed by atoms with Crippen LogP contribution in [0.2, 0.25) is 0 Å². The zero-order valence-electron chi connectivity index (χ0n) is 16.6. The van der Waals surface area contributed by atoms with E-state index < -0.39 is 0 Å². The third-order valence-corrected chi connectivity index (χ3v) is 4.31. The Morgan fingerprint density at radius 3 is 2.31 bits per heavy atom. The molecule has 3 rings (SSSR count). The SMILES string of the molecule is COc1cc(C(=O)NCc2noc(CCc3ccccc3)n2)cc(OC)c1OC. The average Bonchev–Trinajstić information content (AvgIpc) is 3.23. The number of rotatable bonds is 9. The number of aromatic nitrogens is 2. The van der Waals surface area contributed by atoms with Gasteiger partial charge in [0.05, 0.1) is 27.9 Å². The van der Waals surface area contributed by atoms with Crippen molar-refractivity contribution in [2.24, 2.45) is 0 Å². The molecule has 152 valence electrons. The number of hydrogen-bond donors (Lipinski definition) is 1. The van der Waals surface area contributed by atoms with Crippen molar-refractivity contribution in [3.05, 3.63) is 65.3 Å². The van der Waals surface area contributed by atoms with E-state index in [9.17, 15) is 4.79 Å². The fourth-order valence-corrected chi connectivity index (χ4v) is 2.83. The number of benzene rings is 2. The Balaban J connectivity index is 1.60. The summed E-state index contributed by atoms with van der Waals surface area (Å²) < 4.78 is 21.1. The van der Waals surface area contributed by atoms with Gasteiger partial charge in [0, 0.05) is 12.0 Å². The number of ether oxygens (including phenoxy) is 3. The highest BCUT2D eigenvalue weighted by Gasteiger charge is 2.17. The van der Waals surface area contributed by atoms with E-state index in [1.54, 1.807) is 12.1 Å². The summed E-state index contributed by atoms with van der Waals surface area (Å²) in [5, 5.41) is 6.69. The lowest BCUT2D eigenvalue weighted by molar-refractivity contribution is 0.0949. The van der Waals surface area contributed by atoms with Crippen molar-refractivity contribution in [3.8, 4) is 17.2 Å². The van der Waals surface area contributed by atoms with Gasteiger partial charge in [-0.2, -0.15) is 4.98 Å². The second-order valence-corrected chi connectivity index (χ2v) is 6.19. The molecule has 1 amide bonds. The van der Waals surface area contributed by atoms with Crippen molar-refractivity contribution in [1.82, 2.24) is 15.5 Å². The summed E-state index contributed by atoms with van der Waals surface area (Å²) in [5.74, 6) is 1.85. The maximum atomic E-state index is 12.5. The van der Waals surface area contributed by atoms with Crippen molar-refractivity contribution in [1.29, 1.82) is 0 Å². The molecule has 0 fully saturated rings. The van der Waals surface area contributed by atoms with Crippen LogP contribution in [0.4, 0.5) is 0 Å². The molecule has 2 aromatic carbocycles. The van der Waals surface area contributed by atoms with Gasteiger partial charge in [0.15, 0.2) is 17.3 Å². The van der Waals surface area contributed by atoms with Crippen LogP contribution in [-0.2, 0) is 19.4 Å². The first-order valence-electron chi connectivity index (χ1n) is 9.08. The molecule has 0 saturated carbocycles. The number of hydrogen-bond acceptors (Lipinski definition) is 7. The molecule has 8 nitrogen and oxygen atoms in total. The largest absolute Gasteiger partial charge is 0.493 e. The van der Waals surface area contributed by atoms with Gasteiger partial charge in [-0.15, -0.1) is 0 Å². The van der Waals surface area contributed by atoms with Crippen LogP contribution in [0.5, 0.6) is 17.2 Å². The normalized spacial score (nSPS) is 10.4. The first-order chi connectivity index (χ1) is 14.1. The van der Waals surface area contributed by atoms with E-state index in [2.05, 4.69) is 27.6 Å². The van der Waals surface area contributed by atoms with Gasteiger partial charge < -0.3 is 24.1 Å². The third kappa shape index (κ3) is 5.04. The van der Waals surface area contributed by atoms with Crippen LogP contribution >= 0.6 is 0 Å². The molecule has 0 unspecified atom stereocenters. The van der Waals surface area contributed by atoms with Gasteiger partial charge in [-0.25, -0.2) is 0 Å². The molecule has 1 aromatic heterocycles. The van der Waals surface area contributed by atoms with Crippen LogP contribution in [0, 0.1) is 0 Å². The lowest BCUT2D eigenvalue weighted by Crippen LogP contribution is -2.23. The van der Waals surface area contributed by atoms with Gasteiger partial charge >= 0.3 is 0 Å². The second-order valence-electron chi connectivity index (χ2n) is 6.19. The Kier molecular flexibility index (Phi) is 6.67. The molecule has 1 N–H and O–H groups in total. The van der Waals surface area contributed by atoms with E-state index in [0.29, 0.717) is 40.9 Å². The van der Waals surface area contributed by atoms with Crippen LogP contribution in [0.15, 0.2) is 47.0 Å². The van der Waals surface area contributed by atoms with Crippen LogP contribution < -0.4 is 19.5 Å². The number of carbonyl (C=O) groups is 1. The molecule has 3 aromatic rings. The lowest BCUT2D eigenvalue weighted by Gasteiger charge is -2.13. The van der Waals surface area contributed by atoms with E-state index in [-0.39, 0.29) is 12.5 Å². The Labute approximate surface area is 168 Å². The Morgan fingerprint density at radius 2 is 1.69 bits per heavy atom. The molecule has 0 saturated heterocycles. The minimum absolute atomic E-state index is 0.143. The summed E-state index contributed by atoms with van der Waals surface area (Å²) >= 11 is 0. The fraction of sp³-hybridized carbons (Fsp3) is 0.286. The molecular formula is C21H23N3O5. The van der Waals surface area contributed by atoms with Crippen molar-refractivity contribution >= 4 is 5.91 Å². The minimum Gasteiger partial charge on any atom is -0.493 e. The van der Waals surface area contributed by atoms with Crippen molar-refractivity contribution in [2.45, 2.75) is 19.4 Å². The van der Waals surface area contributed by atoms with Crippen molar-refractivity contribution in [2.75, 3.05) is 21.3 Å². The Hall–Kier alpha value is -3.55. The molecule has 0 aliphatic heterocycles. The summed E-state index contributed by atoms with van der Waals surface area (Å²) in [5.41, 5.74) is 1.57. The molecule has 29 heavy (non-hydrogen) atoms. The highest BCUT2D eigenvalue weighted by Crippen LogP contribution is 2.38. The van der Waals surface area contributed by atoms with E-state index in [4.69, 9.17) is 18.7 Å². The molecule has 0 aliphatic carbocycles. The summed E-state index contributed by atoms with van der Waals surface area (Å²) in [6, 6.07) is 13.2. The number of nitrogens with zero attached hydrogens (tertiary/aromatic N) is 2. The fourth-order valence-electron chi connectivity index (χ4n) is 2.83. The predicted octanol–water partition coefficient (Wildman–Crippen LogP) is 2.81. The summed E-state index contributed by atoms with van der Waals surface area (Å²) in [7, 11) is 4.50. The number of aryl methyl sites for hydroxylation is 2. The van der Waals surface area contributed by atoms with E-state index in [0.717, 1.165) is 6.42 Å². The van der Waals surface area contributed by atoms with Crippen molar-refractivity contribution < 1.29 is 23.5 Å². The predicted molar refractivity (Wildman–Crippen MR) is 105 cm³/mol. The smallest absolute Gasteiger partial charge is 0.251 e. The Bertz CT molecular complexity index is 931. The molecule has 0 atom stereocenters. The maximum Gasteiger partial charge on any atom is 0.251 e. The molecule has 1 heterocycles. The topological polar surface area (TPSA) is 95.7 Å². The van der Waals surface area contributed by atoms with Gasteiger partial charge in [0.2, 0.25) is 11.6 Å². The van der Waals surface area contributed by atoms with Gasteiger partial charge in [0.1, 0.15) is 0 Å². The molecule has 8 heteroatoms. The van der Waals surface area contributed by atoms with E-state index in [1.165, 1.54) is 26.9 Å². The van der Waals surface area contributed by atoms with Gasteiger partial charge in [-0.3, -0.25) is 4.79 Å². The van der Waals surface area contributed by atoms with Crippen LogP contribution in [-0.4, -0.2) is 37.4 Å². The van der Waals surface area contributed by atoms with E-state index in [1.807, 2.05) is 18.2 Å². The molecular weight excluding hydrogens is 374 g/mol. The van der Waals surface area contributed by atoms with Crippen LogP contribution in [0.25, 0.3) is 0 Å². The zero-order chi connectivity index (χ0) is 20.6. The van der Waals surface area contributed by atoms with Crippen molar-refractivity contribution in [3.63, 3.8) is 0 Å². The number of nitrogens with one attached hydrogen (secondary N) is 1.